The van der Waals surface area contributed by atoms with E-state index in [0.29, 0.717) is 27.6 Å². The van der Waals surface area contributed by atoms with Crippen molar-refractivity contribution >= 4 is 11.6 Å². The maximum atomic E-state index is 12.7. The Morgan fingerprint density at radius 1 is 1.17 bits per heavy atom. The van der Waals surface area contributed by atoms with Crippen molar-refractivity contribution in [1.82, 2.24) is 9.78 Å². The monoisotopic (exact) mass is 407 g/mol. The number of halogens is 1. The Kier molecular flexibility index (Phi) is 4.65. The molecule has 0 spiro atoms. The van der Waals surface area contributed by atoms with Crippen LogP contribution in [0.5, 0.6) is 5.75 Å². The van der Waals surface area contributed by atoms with E-state index in [0.717, 1.165) is 5.56 Å². The largest absolute Gasteiger partial charge is 0.485 e. The average molecular weight is 408 g/mol. The molecule has 2 aromatic carbocycles. The maximum Gasteiger partial charge on any atom is 0.267 e. The summed E-state index contributed by atoms with van der Waals surface area (Å²) < 4.78 is 7.20. The summed E-state index contributed by atoms with van der Waals surface area (Å²) >= 11 is 5.96. The highest BCUT2D eigenvalue weighted by atomic mass is 35.5. The summed E-state index contributed by atoms with van der Waals surface area (Å²) in [5, 5.41) is 25.5. The molecule has 7 heteroatoms. The van der Waals surface area contributed by atoms with Gasteiger partial charge in [-0.05, 0) is 50.2 Å². The van der Waals surface area contributed by atoms with Gasteiger partial charge in [-0.3, -0.25) is 4.79 Å². The van der Waals surface area contributed by atoms with Crippen molar-refractivity contribution in [3.05, 3.63) is 81.1 Å². The maximum absolute atomic E-state index is 12.7. The fourth-order valence-corrected chi connectivity index (χ4v) is 3.63. The van der Waals surface area contributed by atoms with E-state index in [1.54, 1.807) is 50.2 Å². The molecule has 0 radical (unpaired) electrons. The van der Waals surface area contributed by atoms with Crippen molar-refractivity contribution in [3.63, 3.8) is 0 Å². The Morgan fingerprint density at radius 2 is 1.90 bits per heavy atom. The van der Waals surface area contributed by atoms with Crippen molar-refractivity contribution < 1.29 is 9.84 Å². The molecule has 2 atom stereocenters. The number of aliphatic hydroxyl groups is 1. The first-order chi connectivity index (χ1) is 13.8. The molecule has 0 fully saturated rings. The lowest BCUT2D eigenvalue weighted by molar-refractivity contribution is -0.0666. The zero-order chi connectivity index (χ0) is 20.8. The van der Waals surface area contributed by atoms with Crippen molar-refractivity contribution in [1.29, 1.82) is 5.26 Å². The van der Waals surface area contributed by atoms with Crippen LogP contribution in [0.2, 0.25) is 5.02 Å². The van der Waals surface area contributed by atoms with Crippen LogP contribution in [0.1, 0.15) is 31.0 Å². The summed E-state index contributed by atoms with van der Waals surface area (Å²) in [6, 6.07) is 16.4. The molecule has 1 N–H and O–H groups in total. The molecule has 1 aliphatic heterocycles. The number of nitrogens with zero attached hydrogens (tertiary/aromatic N) is 3. The van der Waals surface area contributed by atoms with Gasteiger partial charge in [0.1, 0.15) is 23.5 Å². The molecule has 3 aromatic rings. The van der Waals surface area contributed by atoms with Crippen LogP contribution in [0.15, 0.2) is 59.4 Å². The number of fused-ring (bicyclic) bond motifs is 1. The van der Waals surface area contributed by atoms with Gasteiger partial charge in [0.05, 0.1) is 17.3 Å². The van der Waals surface area contributed by atoms with Crippen LogP contribution in [0, 0.1) is 11.3 Å². The smallest absolute Gasteiger partial charge is 0.267 e. The summed E-state index contributed by atoms with van der Waals surface area (Å²) in [5.74, 6) is 0.509. The lowest BCUT2D eigenvalue weighted by Gasteiger charge is -2.42. The second kappa shape index (κ2) is 7.03. The number of aromatic nitrogens is 2. The molecule has 1 aliphatic rings. The zero-order valence-corrected chi connectivity index (χ0v) is 16.6. The van der Waals surface area contributed by atoms with E-state index in [1.807, 2.05) is 12.1 Å². The highest BCUT2D eigenvalue weighted by Crippen LogP contribution is 2.41. The molecule has 2 heterocycles. The van der Waals surface area contributed by atoms with Crippen LogP contribution >= 0.6 is 11.6 Å². The molecule has 0 bridgehead atoms. The van der Waals surface area contributed by atoms with Crippen molar-refractivity contribution in [3.8, 4) is 23.1 Å². The predicted octanol–water partition coefficient (Wildman–Crippen LogP) is 3.56. The third-order valence-electron chi connectivity index (χ3n) is 5.07. The van der Waals surface area contributed by atoms with Crippen LogP contribution in [-0.2, 0) is 0 Å². The first kappa shape index (κ1) is 19.2. The van der Waals surface area contributed by atoms with Crippen LogP contribution in [0.4, 0.5) is 0 Å². The van der Waals surface area contributed by atoms with Gasteiger partial charge in [0.15, 0.2) is 0 Å². The third kappa shape index (κ3) is 3.39. The van der Waals surface area contributed by atoms with E-state index in [2.05, 4.69) is 11.2 Å². The number of rotatable bonds is 2. The Hall–Kier alpha value is -3.14. The normalized spacial score (nSPS) is 19.7. The lowest BCUT2D eigenvalue weighted by Crippen LogP contribution is -2.52. The van der Waals surface area contributed by atoms with E-state index in [4.69, 9.17) is 16.3 Å². The van der Waals surface area contributed by atoms with Crippen LogP contribution in [0.3, 0.4) is 0 Å². The molecule has 146 valence electrons. The summed E-state index contributed by atoms with van der Waals surface area (Å²) in [4.78, 5) is 12.7. The third-order valence-corrected chi connectivity index (χ3v) is 5.32. The van der Waals surface area contributed by atoms with Crippen molar-refractivity contribution in [2.75, 3.05) is 0 Å². The minimum Gasteiger partial charge on any atom is -0.485 e. The van der Waals surface area contributed by atoms with E-state index in [-0.39, 0.29) is 5.56 Å². The SMILES string of the molecule is CC1(C)Oc2ccc(C#N)cc2C(n2nc(-c3ccc(Cl)cc3)ccc2=O)C1O. The fourth-order valence-electron chi connectivity index (χ4n) is 3.50. The van der Waals surface area contributed by atoms with Crippen molar-refractivity contribution in [2.45, 2.75) is 31.6 Å². The standard InChI is InChI=1S/C22H18ClN3O3/c1-22(2)21(28)20(16-11-13(12-24)3-9-18(16)29-22)26-19(27)10-8-17(25-26)14-4-6-15(23)7-5-14/h3-11,20-21,28H,1-2H3. The number of aliphatic hydroxyl groups excluding tert-OH is 1. The molecule has 0 saturated heterocycles. The first-order valence-corrected chi connectivity index (χ1v) is 9.45. The molecule has 2 unspecified atom stereocenters. The molecular weight excluding hydrogens is 390 g/mol. The van der Waals surface area contributed by atoms with Gasteiger partial charge in [-0.15, -0.1) is 0 Å². The minimum absolute atomic E-state index is 0.363. The Morgan fingerprint density at radius 3 is 2.59 bits per heavy atom. The van der Waals surface area contributed by atoms with E-state index in [9.17, 15) is 15.2 Å². The number of benzene rings is 2. The summed E-state index contributed by atoms with van der Waals surface area (Å²) in [5.41, 5.74) is 0.983. The van der Waals surface area contributed by atoms with Gasteiger partial charge in [0.25, 0.3) is 5.56 Å². The average Bonchev–Trinajstić information content (AvgIpc) is 2.70. The second-order valence-electron chi connectivity index (χ2n) is 7.47. The first-order valence-electron chi connectivity index (χ1n) is 9.07. The van der Waals surface area contributed by atoms with E-state index in [1.165, 1.54) is 10.7 Å². The van der Waals surface area contributed by atoms with Gasteiger partial charge < -0.3 is 9.84 Å². The summed E-state index contributed by atoms with van der Waals surface area (Å²) in [6.07, 6.45) is -1.06. The second-order valence-corrected chi connectivity index (χ2v) is 7.90. The number of nitriles is 1. The minimum atomic E-state index is -1.06. The van der Waals surface area contributed by atoms with Gasteiger partial charge >= 0.3 is 0 Å². The fraction of sp³-hybridized carbons (Fsp3) is 0.227. The summed E-state index contributed by atoms with van der Waals surface area (Å²) in [6.45, 7) is 3.50. The molecule has 0 saturated carbocycles. The quantitative estimate of drug-likeness (QED) is 0.701. The van der Waals surface area contributed by atoms with E-state index < -0.39 is 17.7 Å². The Balaban J connectivity index is 1.91. The Bertz CT molecular complexity index is 1180. The number of hydrogen-bond donors (Lipinski definition) is 1. The molecule has 4 rings (SSSR count). The summed E-state index contributed by atoms with van der Waals surface area (Å²) in [7, 11) is 0. The molecule has 29 heavy (non-hydrogen) atoms. The van der Waals surface area contributed by atoms with Crippen LogP contribution in [-0.4, -0.2) is 26.6 Å². The number of hydrogen-bond acceptors (Lipinski definition) is 5. The highest BCUT2D eigenvalue weighted by Gasteiger charge is 2.45. The molecule has 0 aliphatic carbocycles. The van der Waals surface area contributed by atoms with Gasteiger partial charge in [0, 0.05) is 22.2 Å². The Labute approximate surface area is 172 Å². The molecule has 0 amide bonds. The lowest BCUT2D eigenvalue weighted by atomic mass is 9.86. The van der Waals surface area contributed by atoms with Crippen molar-refractivity contribution in [2.24, 2.45) is 0 Å². The molecular formula is C22H18ClN3O3. The van der Waals surface area contributed by atoms with Crippen LogP contribution in [0.25, 0.3) is 11.3 Å². The topological polar surface area (TPSA) is 88.1 Å². The van der Waals surface area contributed by atoms with Gasteiger partial charge in [0.2, 0.25) is 0 Å². The van der Waals surface area contributed by atoms with Gasteiger partial charge in [-0.25, -0.2) is 4.68 Å². The molecule has 6 nitrogen and oxygen atoms in total. The van der Waals surface area contributed by atoms with Crippen LogP contribution < -0.4 is 10.3 Å². The zero-order valence-electron chi connectivity index (χ0n) is 15.8. The van der Waals surface area contributed by atoms with E-state index >= 15 is 0 Å². The highest BCUT2D eigenvalue weighted by molar-refractivity contribution is 6.30. The van der Waals surface area contributed by atoms with Gasteiger partial charge in [-0.2, -0.15) is 10.4 Å². The predicted molar refractivity (Wildman–Crippen MR) is 109 cm³/mol. The van der Waals surface area contributed by atoms with Gasteiger partial charge in [-0.1, -0.05) is 23.7 Å². The molecule has 1 aromatic heterocycles. The number of ether oxygens (including phenoxy) is 1.